The van der Waals surface area contributed by atoms with Gasteiger partial charge in [-0.2, -0.15) is 0 Å². The first-order valence-electron chi connectivity index (χ1n) is 4.24. The van der Waals surface area contributed by atoms with E-state index in [1.165, 1.54) is 0 Å². The first kappa shape index (κ1) is 9.71. The summed E-state index contributed by atoms with van der Waals surface area (Å²) in [4.78, 5) is 14.5. The summed E-state index contributed by atoms with van der Waals surface area (Å²) < 4.78 is 0. The zero-order valence-electron chi connectivity index (χ0n) is 7.82. The van der Waals surface area contributed by atoms with Gasteiger partial charge in [0.25, 0.3) is 0 Å². The van der Waals surface area contributed by atoms with E-state index in [1.807, 2.05) is 26.0 Å². The average molecular weight is 179 g/mol. The molecule has 1 aromatic rings. The van der Waals surface area contributed by atoms with E-state index in [0.29, 0.717) is 0 Å². The van der Waals surface area contributed by atoms with Gasteiger partial charge < -0.3 is 5.11 Å². The van der Waals surface area contributed by atoms with Crippen molar-refractivity contribution in [1.29, 1.82) is 0 Å². The highest BCUT2D eigenvalue weighted by molar-refractivity contribution is 5.67. The number of hydrogen-bond donors (Lipinski definition) is 1. The molecule has 1 N–H and O–H groups in total. The number of rotatable bonds is 3. The molecule has 0 aliphatic heterocycles. The Bertz CT molecular complexity index is 310. The van der Waals surface area contributed by atoms with Crippen LogP contribution in [-0.2, 0) is 4.79 Å². The van der Waals surface area contributed by atoms with Gasteiger partial charge in [0.05, 0.1) is 6.42 Å². The van der Waals surface area contributed by atoms with Crippen LogP contribution in [0.3, 0.4) is 0 Å². The Morgan fingerprint density at radius 2 is 2.38 bits per heavy atom. The summed E-state index contributed by atoms with van der Waals surface area (Å²) in [7, 11) is 0. The van der Waals surface area contributed by atoms with Gasteiger partial charge in [0, 0.05) is 11.9 Å². The molecule has 0 bridgehead atoms. The first-order valence-corrected chi connectivity index (χ1v) is 4.24. The Labute approximate surface area is 77.4 Å². The zero-order chi connectivity index (χ0) is 9.84. The Balaban J connectivity index is 2.76. The Hall–Kier alpha value is -1.38. The van der Waals surface area contributed by atoms with E-state index in [1.54, 1.807) is 6.20 Å². The van der Waals surface area contributed by atoms with Gasteiger partial charge in [-0.05, 0) is 30.5 Å². The molecule has 1 heterocycles. The molecule has 0 fully saturated rings. The van der Waals surface area contributed by atoms with Crippen molar-refractivity contribution in [2.45, 2.75) is 26.2 Å². The molecule has 0 aliphatic carbocycles. The number of carbonyl (C=O) groups is 1. The molecule has 1 aromatic heterocycles. The Morgan fingerprint density at radius 1 is 1.69 bits per heavy atom. The summed E-state index contributed by atoms with van der Waals surface area (Å²) >= 11 is 0. The molecule has 1 atom stereocenters. The van der Waals surface area contributed by atoms with Crippen LogP contribution in [0, 0.1) is 6.92 Å². The van der Waals surface area contributed by atoms with Gasteiger partial charge >= 0.3 is 5.97 Å². The molecule has 0 radical (unpaired) electrons. The minimum Gasteiger partial charge on any atom is -0.481 e. The summed E-state index contributed by atoms with van der Waals surface area (Å²) in [6.07, 6.45) is 1.88. The summed E-state index contributed by atoms with van der Waals surface area (Å²) in [5.41, 5.74) is 1.96. The molecule has 3 heteroatoms. The Morgan fingerprint density at radius 3 is 2.92 bits per heavy atom. The van der Waals surface area contributed by atoms with Crippen molar-refractivity contribution >= 4 is 5.97 Å². The van der Waals surface area contributed by atoms with Crippen molar-refractivity contribution in [3.8, 4) is 0 Å². The fourth-order valence-electron chi connectivity index (χ4n) is 1.25. The molecule has 0 amide bonds. The predicted molar refractivity (Wildman–Crippen MR) is 49.6 cm³/mol. The minimum absolute atomic E-state index is 0.0548. The van der Waals surface area contributed by atoms with Crippen LogP contribution in [0.15, 0.2) is 18.3 Å². The quantitative estimate of drug-likeness (QED) is 0.771. The molecular formula is C10H13NO2. The molecule has 0 saturated heterocycles. The van der Waals surface area contributed by atoms with Crippen LogP contribution in [0.25, 0.3) is 0 Å². The van der Waals surface area contributed by atoms with Gasteiger partial charge in [-0.1, -0.05) is 6.92 Å². The van der Waals surface area contributed by atoms with Crippen LogP contribution < -0.4 is 0 Å². The van der Waals surface area contributed by atoms with Crippen LogP contribution in [0.5, 0.6) is 0 Å². The van der Waals surface area contributed by atoms with E-state index in [4.69, 9.17) is 5.11 Å². The molecule has 70 valence electrons. The Kier molecular flexibility index (Phi) is 3.01. The van der Waals surface area contributed by atoms with E-state index in [2.05, 4.69) is 4.98 Å². The van der Waals surface area contributed by atoms with E-state index in [9.17, 15) is 4.79 Å². The van der Waals surface area contributed by atoms with Gasteiger partial charge in [-0.15, -0.1) is 0 Å². The van der Waals surface area contributed by atoms with Gasteiger partial charge in [0.1, 0.15) is 0 Å². The fourth-order valence-corrected chi connectivity index (χ4v) is 1.25. The third kappa shape index (κ3) is 2.86. The van der Waals surface area contributed by atoms with Crippen molar-refractivity contribution in [1.82, 2.24) is 4.98 Å². The number of carboxylic acids is 1. The molecule has 0 spiro atoms. The third-order valence-electron chi connectivity index (χ3n) is 1.97. The maximum Gasteiger partial charge on any atom is 0.303 e. The van der Waals surface area contributed by atoms with E-state index >= 15 is 0 Å². The second kappa shape index (κ2) is 4.03. The molecule has 1 unspecified atom stereocenters. The SMILES string of the molecule is Cc1cc(C(C)CC(=O)O)ccn1. The maximum absolute atomic E-state index is 10.5. The number of aryl methyl sites for hydroxylation is 1. The van der Waals surface area contributed by atoms with Gasteiger partial charge in [-0.3, -0.25) is 9.78 Å². The largest absolute Gasteiger partial charge is 0.481 e. The highest BCUT2D eigenvalue weighted by Gasteiger charge is 2.09. The van der Waals surface area contributed by atoms with E-state index < -0.39 is 5.97 Å². The van der Waals surface area contributed by atoms with Crippen molar-refractivity contribution < 1.29 is 9.90 Å². The lowest BCUT2D eigenvalue weighted by Gasteiger charge is -2.08. The number of carboxylic acid groups (broad SMARTS) is 1. The highest BCUT2D eigenvalue weighted by Crippen LogP contribution is 2.18. The van der Waals surface area contributed by atoms with Gasteiger partial charge in [0.15, 0.2) is 0 Å². The highest BCUT2D eigenvalue weighted by atomic mass is 16.4. The van der Waals surface area contributed by atoms with Crippen LogP contribution in [0.1, 0.15) is 30.5 Å². The second-order valence-electron chi connectivity index (χ2n) is 3.23. The van der Waals surface area contributed by atoms with Crippen LogP contribution in [0.4, 0.5) is 0 Å². The number of pyridine rings is 1. The fraction of sp³-hybridized carbons (Fsp3) is 0.400. The molecule has 3 nitrogen and oxygen atoms in total. The number of hydrogen-bond acceptors (Lipinski definition) is 2. The molecule has 0 aliphatic rings. The molecule has 13 heavy (non-hydrogen) atoms. The molecule has 0 aromatic carbocycles. The monoisotopic (exact) mass is 179 g/mol. The van der Waals surface area contributed by atoms with E-state index in [0.717, 1.165) is 11.3 Å². The molecule has 1 rings (SSSR count). The first-order chi connectivity index (χ1) is 6.09. The second-order valence-corrected chi connectivity index (χ2v) is 3.23. The number of aliphatic carboxylic acids is 1. The minimum atomic E-state index is -0.762. The average Bonchev–Trinajstić information content (AvgIpc) is 2.03. The zero-order valence-corrected chi connectivity index (χ0v) is 7.82. The van der Waals surface area contributed by atoms with Crippen molar-refractivity contribution in [2.75, 3.05) is 0 Å². The normalized spacial score (nSPS) is 12.5. The summed E-state index contributed by atoms with van der Waals surface area (Å²) in [5.74, 6) is -0.707. The van der Waals surface area contributed by atoms with Crippen molar-refractivity contribution in [3.63, 3.8) is 0 Å². The smallest absolute Gasteiger partial charge is 0.303 e. The summed E-state index contributed by atoms with van der Waals surface area (Å²) in [5, 5.41) is 8.60. The van der Waals surface area contributed by atoms with Crippen LogP contribution in [0.2, 0.25) is 0 Å². The lowest BCUT2D eigenvalue weighted by molar-refractivity contribution is -0.137. The van der Waals surface area contributed by atoms with Gasteiger partial charge in [-0.25, -0.2) is 0 Å². The standard InChI is InChI=1S/C10H13NO2/c1-7(5-10(12)13)9-3-4-11-8(2)6-9/h3-4,6-7H,5H2,1-2H3,(H,12,13). The number of aromatic nitrogens is 1. The lowest BCUT2D eigenvalue weighted by Crippen LogP contribution is -2.03. The lowest BCUT2D eigenvalue weighted by atomic mass is 9.98. The topological polar surface area (TPSA) is 50.2 Å². The van der Waals surface area contributed by atoms with E-state index in [-0.39, 0.29) is 12.3 Å². The number of nitrogens with zero attached hydrogens (tertiary/aromatic N) is 1. The van der Waals surface area contributed by atoms with Crippen molar-refractivity contribution in [2.24, 2.45) is 0 Å². The molecular weight excluding hydrogens is 166 g/mol. The third-order valence-corrected chi connectivity index (χ3v) is 1.97. The predicted octanol–water partition coefficient (Wildman–Crippen LogP) is 1.97. The summed E-state index contributed by atoms with van der Waals surface area (Å²) in [6, 6.07) is 3.79. The summed E-state index contributed by atoms with van der Waals surface area (Å²) in [6.45, 7) is 3.81. The van der Waals surface area contributed by atoms with Crippen molar-refractivity contribution in [3.05, 3.63) is 29.6 Å². The molecule has 0 saturated carbocycles. The maximum atomic E-state index is 10.5. The van der Waals surface area contributed by atoms with Crippen LogP contribution in [-0.4, -0.2) is 16.1 Å². The van der Waals surface area contributed by atoms with Crippen LogP contribution >= 0.6 is 0 Å². The van der Waals surface area contributed by atoms with Gasteiger partial charge in [0.2, 0.25) is 0 Å².